The average molecular weight is 340 g/mol. The molecule has 25 heavy (non-hydrogen) atoms. The second-order valence-corrected chi connectivity index (χ2v) is 7.05. The third-order valence-corrected chi connectivity index (χ3v) is 4.58. The van der Waals surface area contributed by atoms with Crippen LogP contribution in [0.5, 0.6) is 0 Å². The molecule has 1 fully saturated rings. The monoisotopic (exact) mass is 340 g/mol. The molecule has 2 aromatic heterocycles. The summed E-state index contributed by atoms with van der Waals surface area (Å²) in [5.41, 5.74) is 3.82. The Morgan fingerprint density at radius 1 is 1.24 bits per heavy atom. The van der Waals surface area contributed by atoms with Gasteiger partial charge >= 0.3 is 0 Å². The minimum absolute atomic E-state index is 0.294. The van der Waals surface area contributed by atoms with Crippen molar-refractivity contribution < 1.29 is 4.74 Å². The van der Waals surface area contributed by atoms with E-state index in [1.807, 2.05) is 37.6 Å². The van der Waals surface area contributed by atoms with Crippen molar-refractivity contribution in [3.63, 3.8) is 0 Å². The SMILES string of the molecule is Cc1cncc(CN2CCOC(CCc3ccnc(N(C)C)c3)C2)c1. The number of pyridine rings is 2. The van der Waals surface area contributed by atoms with Gasteiger partial charge in [0.25, 0.3) is 0 Å². The van der Waals surface area contributed by atoms with Gasteiger partial charge in [0, 0.05) is 52.3 Å². The van der Waals surface area contributed by atoms with Crippen molar-refractivity contribution in [1.29, 1.82) is 0 Å². The molecule has 0 aromatic carbocycles. The number of hydrogen-bond donors (Lipinski definition) is 0. The maximum atomic E-state index is 5.99. The van der Waals surface area contributed by atoms with E-state index in [4.69, 9.17) is 4.74 Å². The molecule has 5 nitrogen and oxygen atoms in total. The summed E-state index contributed by atoms with van der Waals surface area (Å²) < 4.78 is 5.99. The lowest BCUT2D eigenvalue weighted by molar-refractivity contribution is -0.0346. The molecule has 0 bridgehead atoms. The van der Waals surface area contributed by atoms with Crippen LogP contribution in [0.25, 0.3) is 0 Å². The summed E-state index contributed by atoms with van der Waals surface area (Å²) in [5.74, 6) is 1.01. The summed E-state index contributed by atoms with van der Waals surface area (Å²) in [4.78, 5) is 13.2. The second kappa shape index (κ2) is 8.41. The Bertz CT molecular complexity index is 689. The first-order valence-electron chi connectivity index (χ1n) is 8.97. The lowest BCUT2D eigenvalue weighted by Gasteiger charge is -2.33. The summed E-state index contributed by atoms with van der Waals surface area (Å²) in [6, 6.07) is 6.49. The molecule has 0 aliphatic carbocycles. The van der Waals surface area contributed by atoms with E-state index in [2.05, 4.69) is 40.0 Å². The number of morpholine rings is 1. The number of hydrogen-bond acceptors (Lipinski definition) is 5. The van der Waals surface area contributed by atoms with Gasteiger partial charge in [-0.2, -0.15) is 0 Å². The van der Waals surface area contributed by atoms with Crippen LogP contribution in [0.4, 0.5) is 5.82 Å². The van der Waals surface area contributed by atoms with Gasteiger partial charge in [0.05, 0.1) is 12.7 Å². The molecular weight excluding hydrogens is 312 g/mol. The maximum Gasteiger partial charge on any atom is 0.128 e. The van der Waals surface area contributed by atoms with Crippen molar-refractivity contribution in [1.82, 2.24) is 14.9 Å². The zero-order valence-corrected chi connectivity index (χ0v) is 15.5. The maximum absolute atomic E-state index is 5.99. The number of ether oxygens (including phenoxy) is 1. The van der Waals surface area contributed by atoms with Gasteiger partial charge in [-0.1, -0.05) is 6.07 Å². The van der Waals surface area contributed by atoms with Crippen molar-refractivity contribution in [2.24, 2.45) is 0 Å². The van der Waals surface area contributed by atoms with Crippen LogP contribution >= 0.6 is 0 Å². The van der Waals surface area contributed by atoms with Gasteiger partial charge in [-0.05, 0) is 48.6 Å². The molecule has 0 spiro atoms. The molecule has 0 radical (unpaired) electrons. The first-order valence-corrected chi connectivity index (χ1v) is 8.97. The molecule has 0 N–H and O–H groups in total. The molecule has 5 heteroatoms. The van der Waals surface area contributed by atoms with Crippen molar-refractivity contribution >= 4 is 5.82 Å². The van der Waals surface area contributed by atoms with Crippen molar-refractivity contribution in [2.45, 2.75) is 32.4 Å². The van der Waals surface area contributed by atoms with E-state index in [0.29, 0.717) is 6.10 Å². The summed E-state index contributed by atoms with van der Waals surface area (Å²) in [7, 11) is 4.04. The van der Waals surface area contributed by atoms with E-state index in [1.54, 1.807) is 0 Å². The molecule has 3 rings (SSSR count). The zero-order chi connectivity index (χ0) is 17.6. The van der Waals surface area contributed by atoms with Gasteiger partial charge in [-0.25, -0.2) is 4.98 Å². The van der Waals surface area contributed by atoms with Gasteiger partial charge in [-0.3, -0.25) is 9.88 Å². The average Bonchev–Trinajstić information content (AvgIpc) is 2.60. The number of aryl methyl sites for hydroxylation is 2. The van der Waals surface area contributed by atoms with Gasteiger partial charge in [0.2, 0.25) is 0 Å². The summed E-state index contributed by atoms with van der Waals surface area (Å²) in [6.07, 6.45) is 8.12. The number of nitrogens with zero attached hydrogens (tertiary/aromatic N) is 4. The van der Waals surface area contributed by atoms with Crippen molar-refractivity contribution in [3.8, 4) is 0 Å². The predicted molar refractivity (Wildman–Crippen MR) is 101 cm³/mol. The number of aromatic nitrogens is 2. The highest BCUT2D eigenvalue weighted by atomic mass is 16.5. The summed E-state index contributed by atoms with van der Waals surface area (Å²) in [5, 5.41) is 0. The topological polar surface area (TPSA) is 41.5 Å². The lowest BCUT2D eigenvalue weighted by atomic mass is 10.1. The molecule has 0 amide bonds. The molecular formula is C20H28N4O. The molecule has 1 saturated heterocycles. The number of anilines is 1. The van der Waals surface area contributed by atoms with Crippen LogP contribution in [0.2, 0.25) is 0 Å². The fourth-order valence-corrected chi connectivity index (χ4v) is 3.25. The van der Waals surface area contributed by atoms with Crippen LogP contribution in [-0.2, 0) is 17.7 Å². The molecule has 1 aliphatic rings. The molecule has 3 heterocycles. The summed E-state index contributed by atoms with van der Waals surface area (Å²) in [6.45, 7) is 5.83. The Morgan fingerprint density at radius 2 is 2.12 bits per heavy atom. The largest absolute Gasteiger partial charge is 0.376 e. The van der Waals surface area contributed by atoms with Gasteiger partial charge in [0.1, 0.15) is 5.82 Å². The predicted octanol–water partition coefficient (Wildman–Crippen LogP) is 2.68. The highest BCUT2D eigenvalue weighted by molar-refractivity contribution is 5.39. The van der Waals surface area contributed by atoms with E-state index in [0.717, 1.165) is 44.9 Å². The van der Waals surface area contributed by atoms with Gasteiger partial charge < -0.3 is 9.64 Å². The number of rotatable bonds is 6. The normalized spacial score (nSPS) is 18.3. The van der Waals surface area contributed by atoms with Crippen LogP contribution in [0.15, 0.2) is 36.8 Å². The Labute approximate surface area is 150 Å². The fourth-order valence-electron chi connectivity index (χ4n) is 3.25. The van der Waals surface area contributed by atoms with Gasteiger partial charge in [-0.15, -0.1) is 0 Å². The van der Waals surface area contributed by atoms with Crippen molar-refractivity contribution in [3.05, 3.63) is 53.5 Å². The quantitative estimate of drug-likeness (QED) is 0.809. The molecule has 134 valence electrons. The smallest absolute Gasteiger partial charge is 0.128 e. The molecule has 1 aliphatic heterocycles. The van der Waals surface area contributed by atoms with Crippen LogP contribution in [0.1, 0.15) is 23.1 Å². The molecule has 0 saturated carbocycles. The standard InChI is InChI=1S/C20H28N4O/c1-16-10-18(13-21-12-16)14-24-8-9-25-19(15-24)5-4-17-6-7-22-20(11-17)23(2)3/h6-7,10-13,19H,4-5,8-9,14-15H2,1-3H3. The first kappa shape index (κ1) is 17.8. The Morgan fingerprint density at radius 3 is 2.92 bits per heavy atom. The van der Waals surface area contributed by atoms with Gasteiger partial charge in [0.15, 0.2) is 0 Å². The minimum Gasteiger partial charge on any atom is -0.376 e. The van der Waals surface area contributed by atoms with Crippen LogP contribution in [0, 0.1) is 6.92 Å². The minimum atomic E-state index is 0.294. The highest BCUT2D eigenvalue weighted by Crippen LogP contribution is 2.17. The van der Waals surface area contributed by atoms with E-state index >= 15 is 0 Å². The third kappa shape index (κ3) is 5.25. The van der Waals surface area contributed by atoms with Crippen LogP contribution in [0.3, 0.4) is 0 Å². The van der Waals surface area contributed by atoms with E-state index in [9.17, 15) is 0 Å². The van der Waals surface area contributed by atoms with E-state index in [1.165, 1.54) is 16.7 Å². The van der Waals surface area contributed by atoms with E-state index in [-0.39, 0.29) is 0 Å². The Kier molecular flexibility index (Phi) is 6.00. The first-order chi connectivity index (χ1) is 12.1. The lowest BCUT2D eigenvalue weighted by Crippen LogP contribution is -2.42. The molecule has 2 aromatic rings. The fraction of sp³-hybridized carbons (Fsp3) is 0.500. The Balaban J connectivity index is 1.52. The van der Waals surface area contributed by atoms with Crippen LogP contribution < -0.4 is 4.90 Å². The second-order valence-electron chi connectivity index (χ2n) is 7.05. The molecule has 1 atom stereocenters. The highest BCUT2D eigenvalue weighted by Gasteiger charge is 2.20. The van der Waals surface area contributed by atoms with Crippen molar-refractivity contribution in [2.75, 3.05) is 38.7 Å². The van der Waals surface area contributed by atoms with E-state index < -0.39 is 0 Å². The third-order valence-electron chi connectivity index (χ3n) is 4.58. The zero-order valence-electron chi connectivity index (χ0n) is 15.5. The van der Waals surface area contributed by atoms with Crippen LogP contribution in [-0.4, -0.2) is 54.8 Å². The summed E-state index contributed by atoms with van der Waals surface area (Å²) >= 11 is 0. The Hall–Kier alpha value is -1.98. The molecule has 1 unspecified atom stereocenters.